The Labute approximate surface area is 72.1 Å². The summed E-state index contributed by atoms with van der Waals surface area (Å²) in [6.45, 7) is 0. The quantitative estimate of drug-likeness (QED) is 0.369. The number of fused-ring (bicyclic) bond motifs is 1. The van der Waals surface area contributed by atoms with Gasteiger partial charge in [0.05, 0.1) is 0 Å². The first-order chi connectivity index (χ1) is 6.40. The van der Waals surface area contributed by atoms with E-state index in [2.05, 4.69) is 30.2 Å². The number of azide groups is 1. The van der Waals surface area contributed by atoms with E-state index in [-0.39, 0.29) is 5.95 Å². The molecule has 7 heteroatoms. The van der Waals surface area contributed by atoms with Crippen LogP contribution in [0.5, 0.6) is 0 Å². The third-order valence-electron chi connectivity index (χ3n) is 1.35. The van der Waals surface area contributed by atoms with Gasteiger partial charge in [0.2, 0.25) is 5.95 Å². The third kappa shape index (κ3) is 1.35. The van der Waals surface area contributed by atoms with Crippen molar-refractivity contribution in [3.63, 3.8) is 0 Å². The summed E-state index contributed by atoms with van der Waals surface area (Å²) in [6.07, 6.45) is 1.58. The largest absolute Gasteiger partial charge is 0.240 e. The molecule has 0 spiro atoms. The number of pyridine rings is 1. The van der Waals surface area contributed by atoms with E-state index in [1.54, 1.807) is 18.3 Å². The second-order valence-corrected chi connectivity index (χ2v) is 2.15. The van der Waals surface area contributed by atoms with Gasteiger partial charge < -0.3 is 0 Å². The number of aromatic nitrogens is 4. The first-order valence-electron chi connectivity index (χ1n) is 3.41. The van der Waals surface area contributed by atoms with E-state index in [1.807, 2.05) is 0 Å². The zero-order chi connectivity index (χ0) is 9.10. The minimum Gasteiger partial charge on any atom is -0.235 e. The van der Waals surface area contributed by atoms with Gasteiger partial charge in [0, 0.05) is 11.1 Å². The highest BCUT2D eigenvalue weighted by molar-refractivity contribution is 5.68. The van der Waals surface area contributed by atoms with Gasteiger partial charge in [-0.15, -0.1) is 10.2 Å². The first-order valence-corrected chi connectivity index (χ1v) is 3.41. The molecule has 2 rings (SSSR count). The van der Waals surface area contributed by atoms with Crippen LogP contribution < -0.4 is 0 Å². The summed E-state index contributed by atoms with van der Waals surface area (Å²) >= 11 is 0. The predicted molar refractivity (Wildman–Crippen MR) is 43.9 cm³/mol. The Morgan fingerprint density at radius 2 is 2.31 bits per heavy atom. The lowest BCUT2D eigenvalue weighted by molar-refractivity contribution is 0.996. The van der Waals surface area contributed by atoms with Crippen LogP contribution in [0.3, 0.4) is 0 Å². The Kier molecular flexibility index (Phi) is 1.70. The lowest BCUT2D eigenvalue weighted by Crippen LogP contribution is -1.89. The Balaban J connectivity index is 2.68. The smallest absolute Gasteiger partial charge is 0.235 e. The molecular weight excluding hydrogens is 170 g/mol. The molecule has 2 aromatic heterocycles. The number of hydrogen-bond acceptors (Lipinski definition) is 5. The van der Waals surface area contributed by atoms with Gasteiger partial charge in [0.1, 0.15) is 5.52 Å². The van der Waals surface area contributed by atoms with Crippen LogP contribution in [-0.4, -0.2) is 20.2 Å². The third-order valence-corrected chi connectivity index (χ3v) is 1.35. The molecule has 2 aromatic rings. The van der Waals surface area contributed by atoms with Crippen molar-refractivity contribution >= 4 is 17.1 Å². The number of nitrogens with zero attached hydrogens (tertiary/aromatic N) is 7. The molecule has 0 saturated heterocycles. The highest BCUT2D eigenvalue weighted by atomic mass is 15.3. The molecule has 0 bridgehead atoms. The molecule has 0 saturated carbocycles. The Morgan fingerprint density at radius 3 is 3.15 bits per heavy atom. The number of rotatable bonds is 1. The molecule has 7 nitrogen and oxygen atoms in total. The van der Waals surface area contributed by atoms with E-state index >= 15 is 0 Å². The van der Waals surface area contributed by atoms with Crippen molar-refractivity contribution in [3.05, 3.63) is 28.8 Å². The van der Waals surface area contributed by atoms with Crippen LogP contribution in [0, 0.1) is 0 Å². The van der Waals surface area contributed by atoms with E-state index in [0.29, 0.717) is 11.2 Å². The maximum atomic E-state index is 8.12. The molecule has 13 heavy (non-hydrogen) atoms. The summed E-state index contributed by atoms with van der Waals surface area (Å²) in [5.41, 5.74) is 9.11. The lowest BCUT2D eigenvalue weighted by Gasteiger charge is -1.92. The summed E-state index contributed by atoms with van der Waals surface area (Å²) in [5, 5.41) is 10.5. The summed E-state index contributed by atoms with van der Waals surface area (Å²) < 4.78 is 0. The zero-order valence-electron chi connectivity index (χ0n) is 6.36. The second-order valence-electron chi connectivity index (χ2n) is 2.15. The number of hydrogen-bond donors (Lipinski definition) is 0. The van der Waals surface area contributed by atoms with Crippen molar-refractivity contribution in [2.45, 2.75) is 0 Å². The van der Waals surface area contributed by atoms with Crippen LogP contribution in [0.4, 0.5) is 5.95 Å². The molecule has 0 aromatic carbocycles. The van der Waals surface area contributed by atoms with Crippen molar-refractivity contribution in [2.75, 3.05) is 0 Å². The summed E-state index contributed by atoms with van der Waals surface area (Å²) in [4.78, 5) is 10.3. The molecular formula is C6H3N7. The molecule has 0 aliphatic carbocycles. The van der Waals surface area contributed by atoms with E-state index in [0.717, 1.165) is 0 Å². The normalized spacial score (nSPS) is 9.54. The molecule has 0 unspecified atom stereocenters. The van der Waals surface area contributed by atoms with Crippen LogP contribution >= 0.6 is 0 Å². The minimum atomic E-state index is -0.0197. The highest BCUT2D eigenvalue weighted by Crippen LogP contribution is 2.07. The van der Waals surface area contributed by atoms with E-state index < -0.39 is 0 Å². The van der Waals surface area contributed by atoms with Gasteiger partial charge in [-0.1, -0.05) is 0 Å². The van der Waals surface area contributed by atoms with Crippen LogP contribution in [0.25, 0.3) is 21.6 Å². The van der Waals surface area contributed by atoms with E-state index in [4.69, 9.17) is 5.53 Å². The van der Waals surface area contributed by atoms with Gasteiger partial charge in [-0.25, -0.2) is 9.97 Å². The van der Waals surface area contributed by atoms with Gasteiger partial charge >= 0.3 is 0 Å². The molecule has 0 aliphatic heterocycles. The molecule has 0 N–H and O–H groups in total. The van der Waals surface area contributed by atoms with E-state index in [9.17, 15) is 0 Å². The summed E-state index contributed by atoms with van der Waals surface area (Å²) in [5.74, 6) is -0.0197. The summed E-state index contributed by atoms with van der Waals surface area (Å²) in [6, 6.07) is 3.45. The fourth-order valence-electron chi connectivity index (χ4n) is 0.851. The molecule has 0 radical (unpaired) electrons. The van der Waals surface area contributed by atoms with E-state index in [1.165, 1.54) is 0 Å². The van der Waals surface area contributed by atoms with Crippen LogP contribution in [-0.2, 0) is 0 Å². The molecule has 62 valence electrons. The zero-order valence-corrected chi connectivity index (χ0v) is 6.36. The maximum Gasteiger partial charge on any atom is 0.240 e. The average molecular weight is 173 g/mol. The lowest BCUT2D eigenvalue weighted by atomic mass is 10.4. The first kappa shape index (κ1) is 7.38. The molecule has 2 heterocycles. The second kappa shape index (κ2) is 3.00. The SMILES string of the molecule is [N-]=[N+]=Nc1nnc2cccnc2n1. The summed E-state index contributed by atoms with van der Waals surface area (Å²) in [7, 11) is 0. The highest BCUT2D eigenvalue weighted by Gasteiger charge is 1.98. The Morgan fingerprint density at radius 1 is 1.38 bits per heavy atom. The molecule has 0 aliphatic rings. The predicted octanol–water partition coefficient (Wildman–Crippen LogP) is 1.36. The average Bonchev–Trinajstić information content (AvgIpc) is 2.18. The minimum absolute atomic E-state index is 0.0197. The molecule has 0 fully saturated rings. The van der Waals surface area contributed by atoms with Crippen LogP contribution in [0.15, 0.2) is 23.4 Å². The van der Waals surface area contributed by atoms with Crippen molar-refractivity contribution in [3.8, 4) is 0 Å². The van der Waals surface area contributed by atoms with Crippen LogP contribution in [0.1, 0.15) is 0 Å². The van der Waals surface area contributed by atoms with Crippen molar-refractivity contribution < 1.29 is 0 Å². The molecule has 0 amide bonds. The van der Waals surface area contributed by atoms with Crippen LogP contribution in [0.2, 0.25) is 0 Å². The standard InChI is InChI=1S/C6H3N7/c7-13-12-6-9-5-4(10-11-6)2-1-3-8-5/h1-3H. The molecule has 0 atom stereocenters. The Hall–Kier alpha value is -2.27. The van der Waals surface area contributed by atoms with Gasteiger partial charge in [0.25, 0.3) is 0 Å². The van der Waals surface area contributed by atoms with Crippen molar-refractivity contribution in [1.82, 2.24) is 20.2 Å². The van der Waals surface area contributed by atoms with Gasteiger partial charge in [-0.05, 0) is 22.8 Å². The van der Waals surface area contributed by atoms with Crippen molar-refractivity contribution in [1.29, 1.82) is 0 Å². The monoisotopic (exact) mass is 173 g/mol. The van der Waals surface area contributed by atoms with Gasteiger partial charge in [0.15, 0.2) is 5.65 Å². The fraction of sp³-hybridized carbons (Fsp3) is 0. The Bertz CT molecular complexity index is 487. The topological polar surface area (TPSA) is 100 Å². The fourth-order valence-corrected chi connectivity index (χ4v) is 0.851. The van der Waals surface area contributed by atoms with Gasteiger partial charge in [-0.2, -0.15) is 0 Å². The van der Waals surface area contributed by atoms with Crippen molar-refractivity contribution in [2.24, 2.45) is 5.11 Å². The van der Waals surface area contributed by atoms with Gasteiger partial charge in [-0.3, -0.25) is 0 Å². The maximum absolute atomic E-state index is 8.12.